The summed E-state index contributed by atoms with van der Waals surface area (Å²) in [6.45, 7) is 0. The molecule has 0 spiro atoms. The van der Waals surface area contributed by atoms with E-state index < -0.39 is 15.3 Å². The molecule has 7 nitrogen and oxygen atoms in total. The number of nitrogens with one attached hydrogen (secondary N) is 2. The summed E-state index contributed by atoms with van der Waals surface area (Å²) in [5.74, 6) is -0.584. The van der Waals surface area contributed by atoms with Crippen LogP contribution in [0, 0.1) is 0 Å². The highest BCUT2D eigenvalue weighted by Crippen LogP contribution is 2.36. The van der Waals surface area contributed by atoms with Crippen molar-refractivity contribution in [3.05, 3.63) is 48.5 Å². The van der Waals surface area contributed by atoms with Crippen molar-refractivity contribution in [1.82, 2.24) is 4.31 Å². The van der Waals surface area contributed by atoms with E-state index in [1.54, 1.807) is 12.1 Å². The van der Waals surface area contributed by atoms with E-state index in [0.717, 1.165) is 14.9 Å². The van der Waals surface area contributed by atoms with E-state index in [2.05, 4.69) is 10.6 Å². The molecule has 2 amide bonds. The van der Waals surface area contributed by atoms with Crippen LogP contribution < -0.4 is 10.6 Å². The lowest BCUT2D eigenvalue weighted by atomic mass is 10.2. The first-order chi connectivity index (χ1) is 12.8. The summed E-state index contributed by atoms with van der Waals surface area (Å²) in [5, 5.41) is 4.92. The predicted octanol–water partition coefficient (Wildman–Crippen LogP) is 2.38. The Labute approximate surface area is 162 Å². The van der Waals surface area contributed by atoms with Crippen molar-refractivity contribution >= 4 is 45.0 Å². The molecule has 3 rings (SSSR count). The second-order valence-electron chi connectivity index (χ2n) is 6.16. The van der Waals surface area contributed by atoms with Gasteiger partial charge in [-0.3, -0.25) is 9.59 Å². The molecule has 2 aromatic rings. The average molecular weight is 406 g/mol. The molecule has 0 radical (unpaired) electrons. The maximum absolute atomic E-state index is 12.4. The van der Waals surface area contributed by atoms with E-state index >= 15 is 0 Å². The van der Waals surface area contributed by atoms with Gasteiger partial charge < -0.3 is 10.6 Å². The number of hydrogen-bond donors (Lipinski definition) is 2. The van der Waals surface area contributed by atoms with Crippen LogP contribution in [-0.2, 0) is 19.6 Å². The quantitative estimate of drug-likeness (QED) is 0.796. The molecule has 0 saturated carbocycles. The van der Waals surface area contributed by atoms with Crippen LogP contribution in [-0.4, -0.2) is 43.9 Å². The third kappa shape index (κ3) is 4.32. The molecule has 2 aromatic carbocycles. The Kier molecular flexibility index (Phi) is 5.54. The number of fused-ring (bicyclic) bond motifs is 1. The normalized spacial score (nSPS) is 16.6. The number of para-hydroxylation sites is 1. The standard InChI is InChI=1S/C18H19N3O4S2/c1-21(2)27(24,25)13-7-5-6-12(10-13)19-17(22)11-16-18(23)20-14-8-3-4-9-15(14)26-16/h3-10,16H,11H2,1-2H3,(H,19,22)(H,20,23)/t16-/m1/s1. The molecule has 0 saturated heterocycles. The number of hydrogen-bond acceptors (Lipinski definition) is 5. The van der Waals surface area contributed by atoms with Crippen molar-refractivity contribution in [2.75, 3.05) is 24.7 Å². The zero-order chi connectivity index (χ0) is 19.6. The minimum atomic E-state index is -3.59. The molecule has 142 valence electrons. The van der Waals surface area contributed by atoms with E-state index in [4.69, 9.17) is 0 Å². The van der Waals surface area contributed by atoms with Crippen LogP contribution in [0.4, 0.5) is 11.4 Å². The van der Waals surface area contributed by atoms with Crippen molar-refractivity contribution in [3.8, 4) is 0 Å². The van der Waals surface area contributed by atoms with E-state index in [0.29, 0.717) is 5.69 Å². The van der Waals surface area contributed by atoms with Gasteiger partial charge in [0, 0.05) is 31.1 Å². The number of rotatable bonds is 5. The van der Waals surface area contributed by atoms with Gasteiger partial charge in [0.2, 0.25) is 21.8 Å². The van der Waals surface area contributed by atoms with Gasteiger partial charge in [-0.25, -0.2) is 12.7 Å². The van der Waals surface area contributed by atoms with Gasteiger partial charge in [0.25, 0.3) is 0 Å². The fraction of sp³-hybridized carbons (Fsp3) is 0.222. The van der Waals surface area contributed by atoms with Crippen LogP contribution in [0.1, 0.15) is 6.42 Å². The smallest absolute Gasteiger partial charge is 0.242 e. The molecule has 0 aromatic heterocycles. The summed E-state index contributed by atoms with van der Waals surface area (Å²) >= 11 is 1.34. The summed E-state index contributed by atoms with van der Waals surface area (Å²) in [4.78, 5) is 25.6. The summed E-state index contributed by atoms with van der Waals surface area (Å²) in [5.41, 5.74) is 1.11. The number of carbonyl (C=O) groups is 2. The maximum atomic E-state index is 12.4. The van der Waals surface area contributed by atoms with Crippen molar-refractivity contribution in [2.45, 2.75) is 21.5 Å². The fourth-order valence-electron chi connectivity index (χ4n) is 2.55. The molecule has 0 unspecified atom stereocenters. The maximum Gasteiger partial charge on any atom is 0.242 e. The molecule has 0 bridgehead atoms. The number of benzene rings is 2. The van der Waals surface area contributed by atoms with Gasteiger partial charge in [-0.15, -0.1) is 11.8 Å². The van der Waals surface area contributed by atoms with Gasteiger partial charge >= 0.3 is 0 Å². The van der Waals surface area contributed by atoms with Gasteiger partial charge in [-0.1, -0.05) is 18.2 Å². The summed E-state index contributed by atoms with van der Waals surface area (Å²) in [7, 11) is -0.707. The zero-order valence-corrected chi connectivity index (χ0v) is 16.4. The van der Waals surface area contributed by atoms with Gasteiger partial charge in [0.1, 0.15) is 0 Å². The van der Waals surface area contributed by atoms with Gasteiger partial charge in [-0.2, -0.15) is 0 Å². The van der Waals surface area contributed by atoms with Crippen LogP contribution in [0.3, 0.4) is 0 Å². The van der Waals surface area contributed by atoms with Crippen LogP contribution in [0.5, 0.6) is 0 Å². The molecule has 27 heavy (non-hydrogen) atoms. The van der Waals surface area contributed by atoms with Crippen LogP contribution in [0.15, 0.2) is 58.3 Å². The molecule has 2 N–H and O–H groups in total. The Morgan fingerprint density at radius 2 is 1.93 bits per heavy atom. The van der Waals surface area contributed by atoms with E-state index in [9.17, 15) is 18.0 Å². The lowest BCUT2D eigenvalue weighted by Gasteiger charge is -2.23. The van der Waals surface area contributed by atoms with E-state index in [1.807, 2.05) is 24.3 Å². The topological polar surface area (TPSA) is 95.6 Å². The third-order valence-electron chi connectivity index (χ3n) is 3.97. The summed E-state index contributed by atoms with van der Waals surface area (Å²) in [6.07, 6.45) is -0.0184. The largest absolute Gasteiger partial charge is 0.326 e. The average Bonchev–Trinajstić information content (AvgIpc) is 2.62. The Balaban J connectivity index is 1.69. The first-order valence-corrected chi connectivity index (χ1v) is 10.5. The Morgan fingerprint density at radius 3 is 2.67 bits per heavy atom. The molecule has 0 fully saturated rings. The minimum Gasteiger partial charge on any atom is -0.326 e. The molecular weight excluding hydrogens is 386 g/mol. The van der Waals surface area contributed by atoms with Crippen molar-refractivity contribution in [2.24, 2.45) is 0 Å². The van der Waals surface area contributed by atoms with Crippen LogP contribution in [0.25, 0.3) is 0 Å². The number of nitrogens with zero attached hydrogens (tertiary/aromatic N) is 1. The lowest BCUT2D eigenvalue weighted by Crippen LogP contribution is -2.32. The monoisotopic (exact) mass is 405 g/mol. The zero-order valence-electron chi connectivity index (χ0n) is 14.8. The summed E-state index contributed by atoms with van der Waals surface area (Å²) in [6, 6.07) is 13.4. The number of amides is 2. The molecule has 1 heterocycles. The molecular formula is C18H19N3O4S2. The Hall–Kier alpha value is -2.36. The van der Waals surface area contributed by atoms with E-state index in [-0.39, 0.29) is 23.1 Å². The van der Waals surface area contributed by atoms with Crippen molar-refractivity contribution < 1.29 is 18.0 Å². The van der Waals surface area contributed by atoms with Gasteiger partial charge in [0.15, 0.2) is 0 Å². The van der Waals surface area contributed by atoms with Crippen molar-refractivity contribution in [1.29, 1.82) is 0 Å². The van der Waals surface area contributed by atoms with Crippen LogP contribution >= 0.6 is 11.8 Å². The second kappa shape index (κ2) is 7.71. The Morgan fingerprint density at radius 1 is 1.19 bits per heavy atom. The highest BCUT2D eigenvalue weighted by molar-refractivity contribution is 8.01. The molecule has 0 aliphatic carbocycles. The van der Waals surface area contributed by atoms with Gasteiger partial charge in [-0.05, 0) is 30.3 Å². The minimum absolute atomic E-state index is 0.0184. The highest BCUT2D eigenvalue weighted by Gasteiger charge is 2.29. The molecule has 1 atom stereocenters. The van der Waals surface area contributed by atoms with Gasteiger partial charge in [0.05, 0.1) is 15.8 Å². The van der Waals surface area contributed by atoms with Crippen LogP contribution in [0.2, 0.25) is 0 Å². The molecule has 1 aliphatic heterocycles. The molecule has 1 aliphatic rings. The second-order valence-corrected chi connectivity index (χ2v) is 9.56. The van der Waals surface area contributed by atoms with E-state index in [1.165, 1.54) is 38.0 Å². The Bertz CT molecular complexity index is 990. The third-order valence-corrected chi connectivity index (χ3v) is 7.06. The predicted molar refractivity (Wildman–Crippen MR) is 105 cm³/mol. The van der Waals surface area contributed by atoms with Crippen molar-refractivity contribution in [3.63, 3.8) is 0 Å². The fourth-order valence-corrected chi connectivity index (χ4v) is 4.61. The first-order valence-electron chi connectivity index (χ1n) is 8.16. The number of sulfonamides is 1. The number of carbonyl (C=O) groups excluding carboxylic acids is 2. The number of anilines is 2. The number of thioether (sulfide) groups is 1. The first kappa shape index (κ1) is 19.4. The molecule has 9 heteroatoms. The lowest BCUT2D eigenvalue weighted by molar-refractivity contribution is -0.120. The SMILES string of the molecule is CN(C)S(=O)(=O)c1cccc(NC(=O)C[C@H]2Sc3ccccc3NC2=O)c1. The summed E-state index contributed by atoms with van der Waals surface area (Å²) < 4.78 is 25.5. The highest BCUT2D eigenvalue weighted by atomic mass is 32.2.